The third-order valence-electron chi connectivity index (χ3n) is 4.94. The van der Waals surface area contributed by atoms with Crippen molar-refractivity contribution in [3.05, 3.63) is 29.3 Å². The van der Waals surface area contributed by atoms with Gasteiger partial charge < -0.3 is 15.0 Å². The number of rotatable bonds is 3. The van der Waals surface area contributed by atoms with Crippen LogP contribution in [-0.2, 0) is 12.8 Å². The summed E-state index contributed by atoms with van der Waals surface area (Å²) in [5.41, 5.74) is 2.87. The zero-order chi connectivity index (χ0) is 12.7. The number of hydrogen-bond donors (Lipinski definition) is 1. The van der Waals surface area contributed by atoms with Gasteiger partial charge in [0.2, 0.25) is 0 Å². The number of benzene rings is 1. The van der Waals surface area contributed by atoms with E-state index in [0.29, 0.717) is 0 Å². The van der Waals surface area contributed by atoms with Gasteiger partial charge in [0.1, 0.15) is 5.75 Å². The minimum atomic E-state index is 0. The second-order valence-corrected chi connectivity index (χ2v) is 6.23. The van der Waals surface area contributed by atoms with Crippen molar-refractivity contribution < 1.29 is 4.74 Å². The minimum absolute atomic E-state index is 0. The van der Waals surface area contributed by atoms with E-state index < -0.39 is 0 Å². The van der Waals surface area contributed by atoms with Crippen LogP contribution in [0, 0.1) is 11.8 Å². The molecule has 1 aromatic rings. The Kier molecular flexibility index (Phi) is 4.20. The molecule has 4 rings (SSSR count). The van der Waals surface area contributed by atoms with Gasteiger partial charge in [-0.1, -0.05) is 12.1 Å². The lowest BCUT2D eigenvalue weighted by atomic mass is 10.0. The number of halogens is 1. The molecule has 1 aromatic carbocycles. The van der Waals surface area contributed by atoms with Gasteiger partial charge in [-0.2, -0.15) is 0 Å². The Bertz CT molecular complexity index is 468. The number of hydrogen-bond acceptors (Lipinski definition) is 3. The summed E-state index contributed by atoms with van der Waals surface area (Å²) in [4.78, 5) is 2.65. The van der Waals surface area contributed by atoms with Crippen LogP contribution in [0.2, 0.25) is 0 Å². The predicted molar refractivity (Wildman–Crippen MR) is 82.9 cm³/mol. The number of likely N-dealkylation sites (tertiary alicyclic amines) is 1. The standard InChI is InChI=1S/C16H22N2O.ClH/c1-2-16-13(4-6-19-16)7-12(1)3-5-18-10-14-8-17-9-15(14)11-18;/h1-2,7,14-15,17H,3-6,8-11H2;1H/t14-,15+;. The van der Waals surface area contributed by atoms with Gasteiger partial charge in [-0.3, -0.25) is 0 Å². The van der Waals surface area contributed by atoms with Crippen molar-refractivity contribution in [1.29, 1.82) is 0 Å². The molecule has 2 fully saturated rings. The topological polar surface area (TPSA) is 24.5 Å². The van der Waals surface area contributed by atoms with E-state index >= 15 is 0 Å². The summed E-state index contributed by atoms with van der Waals surface area (Å²) in [6, 6.07) is 6.74. The van der Waals surface area contributed by atoms with Crippen molar-refractivity contribution in [2.45, 2.75) is 12.8 Å². The van der Waals surface area contributed by atoms with Crippen LogP contribution in [0.5, 0.6) is 5.75 Å². The highest BCUT2D eigenvalue weighted by atomic mass is 35.5. The largest absolute Gasteiger partial charge is 0.493 e. The number of fused-ring (bicyclic) bond motifs is 2. The van der Waals surface area contributed by atoms with Crippen molar-refractivity contribution in [3.63, 3.8) is 0 Å². The molecule has 2 atom stereocenters. The van der Waals surface area contributed by atoms with E-state index in [2.05, 4.69) is 28.4 Å². The summed E-state index contributed by atoms with van der Waals surface area (Å²) in [6.45, 7) is 7.14. The fourth-order valence-electron chi connectivity index (χ4n) is 3.82. The molecular weight excluding hydrogens is 272 g/mol. The van der Waals surface area contributed by atoms with Gasteiger partial charge in [0.05, 0.1) is 6.61 Å². The maximum Gasteiger partial charge on any atom is 0.122 e. The van der Waals surface area contributed by atoms with Crippen molar-refractivity contribution in [3.8, 4) is 5.75 Å². The third kappa shape index (κ3) is 2.67. The van der Waals surface area contributed by atoms with Crippen LogP contribution >= 0.6 is 12.4 Å². The summed E-state index contributed by atoms with van der Waals surface area (Å²) in [5.74, 6) is 2.92. The highest BCUT2D eigenvalue weighted by Crippen LogP contribution is 2.28. The lowest BCUT2D eigenvalue weighted by Crippen LogP contribution is -2.27. The zero-order valence-electron chi connectivity index (χ0n) is 11.8. The van der Waals surface area contributed by atoms with Crippen molar-refractivity contribution in [2.75, 3.05) is 39.3 Å². The summed E-state index contributed by atoms with van der Waals surface area (Å²) < 4.78 is 5.56. The maximum atomic E-state index is 5.56. The molecule has 0 spiro atoms. The van der Waals surface area contributed by atoms with Crippen molar-refractivity contribution in [2.24, 2.45) is 11.8 Å². The number of nitrogens with one attached hydrogen (secondary N) is 1. The van der Waals surface area contributed by atoms with Gasteiger partial charge in [0.15, 0.2) is 0 Å². The molecule has 3 aliphatic heterocycles. The second kappa shape index (κ2) is 5.92. The Labute approximate surface area is 127 Å². The quantitative estimate of drug-likeness (QED) is 0.919. The van der Waals surface area contributed by atoms with Gasteiger partial charge in [0.25, 0.3) is 0 Å². The van der Waals surface area contributed by atoms with E-state index in [-0.39, 0.29) is 12.4 Å². The average Bonchev–Trinajstić information content (AvgIpc) is 3.10. The molecule has 0 unspecified atom stereocenters. The van der Waals surface area contributed by atoms with Gasteiger partial charge in [-0.15, -0.1) is 12.4 Å². The molecular formula is C16H23ClN2O. The van der Waals surface area contributed by atoms with E-state index in [4.69, 9.17) is 4.74 Å². The maximum absolute atomic E-state index is 5.56. The Hall–Kier alpha value is -0.770. The average molecular weight is 295 g/mol. The second-order valence-electron chi connectivity index (χ2n) is 6.23. The molecule has 3 aliphatic rings. The van der Waals surface area contributed by atoms with E-state index in [9.17, 15) is 0 Å². The van der Waals surface area contributed by atoms with Gasteiger partial charge in [-0.25, -0.2) is 0 Å². The molecule has 3 heterocycles. The van der Waals surface area contributed by atoms with E-state index in [1.165, 1.54) is 50.3 Å². The lowest BCUT2D eigenvalue weighted by Gasteiger charge is -2.17. The first kappa shape index (κ1) is 14.2. The summed E-state index contributed by atoms with van der Waals surface area (Å²) in [5, 5.41) is 3.51. The molecule has 0 aliphatic carbocycles. The smallest absolute Gasteiger partial charge is 0.122 e. The Morgan fingerprint density at radius 2 is 2.00 bits per heavy atom. The summed E-state index contributed by atoms with van der Waals surface area (Å²) in [7, 11) is 0. The molecule has 20 heavy (non-hydrogen) atoms. The van der Waals surface area contributed by atoms with Crippen LogP contribution in [0.25, 0.3) is 0 Å². The fourth-order valence-corrected chi connectivity index (χ4v) is 3.82. The molecule has 0 aromatic heterocycles. The SMILES string of the molecule is Cl.c1cc2c(cc1CCN1C[C@H]3CNC[C@H]3C1)CCO2. The first-order valence-electron chi connectivity index (χ1n) is 7.56. The first-order chi connectivity index (χ1) is 9.38. The van der Waals surface area contributed by atoms with Crippen molar-refractivity contribution in [1.82, 2.24) is 10.2 Å². The number of nitrogens with zero attached hydrogens (tertiary/aromatic N) is 1. The lowest BCUT2D eigenvalue weighted by molar-refractivity contribution is 0.317. The van der Waals surface area contributed by atoms with Crippen LogP contribution in [0.15, 0.2) is 18.2 Å². The van der Waals surface area contributed by atoms with Crippen LogP contribution < -0.4 is 10.1 Å². The highest BCUT2D eigenvalue weighted by Gasteiger charge is 2.35. The van der Waals surface area contributed by atoms with Gasteiger partial charge in [0, 0.05) is 26.1 Å². The Morgan fingerprint density at radius 1 is 1.20 bits per heavy atom. The molecule has 1 N–H and O–H groups in total. The molecule has 110 valence electrons. The first-order valence-corrected chi connectivity index (χ1v) is 7.56. The normalized spacial score (nSPS) is 27.8. The van der Waals surface area contributed by atoms with Crippen LogP contribution in [-0.4, -0.2) is 44.2 Å². The third-order valence-corrected chi connectivity index (χ3v) is 4.94. The Balaban J connectivity index is 0.00000121. The molecule has 0 radical (unpaired) electrons. The molecule has 0 saturated carbocycles. The summed E-state index contributed by atoms with van der Waals surface area (Å²) in [6.07, 6.45) is 2.27. The van der Waals surface area contributed by atoms with E-state index in [0.717, 1.165) is 30.6 Å². The Morgan fingerprint density at radius 3 is 2.80 bits per heavy atom. The van der Waals surface area contributed by atoms with Crippen molar-refractivity contribution >= 4 is 12.4 Å². The molecule has 0 amide bonds. The molecule has 2 saturated heterocycles. The van der Waals surface area contributed by atoms with Gasteiger partial charge >= 0.3 is 0 Å². The fraction of sp³-hybridized carbons (Fsp3) is 0.625. The van der Waals surface area contributed by atoms with Crippen LogP contribution in [0.1, 0.15) is 11.1 Å². The monoisotopic (exact) mass is 294 g/mol. The number of ether oxygens (including phenoxy) is 1. The van der Waals surface area contributed by atoms with E-state index in [1.54, 1.807) is 0 Å². The van der Waals surface area contributed by atoms with Crippen LogP contribution in [0.3, 0.4) is 0 Å². The van der Waals surface area contributed by atoms with Gasteiger partial charge in [-0.05, 0) is 48.5 Å². The molecule has 3 nitrogen and oxygen atoms in total. The van der Waals surface area contributed by atoms with E-state index in [1.807, 2.05) is 0 Å². The predicted octanol–water partition coefficient (Wildman–Crippen LogP) is 1.74. The zero-order valence-corrected chi connectivity index (χ0v) is 12.6. The summed E-state index contributed by atoms with van der Waals surface area (Å²) >= 11 is 0. The van der Waals surface area contributed by atoms with Crippen LogP contribution in [0.4, 0.5) is 0 Å². The minimum Gasteiger partial charge on any atom is -0.493 e. The highest BCUT2D eigenvalue weighted by molar-refractivity contribution is 5.85. The molecule has 4 heteroatoms. The molecule has 0 bridgehead atoms.